The maximum Gasteiger partial charge on any atom is 0.261 e. The van der Waals surface area contributed by atoms with Crippen LogP contribution >= 0.6 is 15.9 Å². The van der Waals surface area contributed by atoms with E-state index in [2.05, 4.69) is 21.2 Å². The van der Waals surface area contributed by atoms with E-state index in [1.54, 1.807) is 31.2 Å². The largest absolute Gasteiger partial charge is 0.483 e. The Labute approximate surface area is 202 Å². The third kappa shape index (κ3) is 6.32. The first-order valence-electron chi connectivity index (χ1n) is 11.0. The summed E-state index contributed by atoms with van der Waals surface area (Å²) in [6.45, 7) is 3.90. The maximum atomic E-state index is 14.3. The number of nitrogens with zero attached hydrogens (tertiary/aromatic N) is 1. The van der Waals surface area contributed by atoms with Crippen LogP contribution in [0.15, 0.2) is 65.1 Å². The van der Waals surface area contributed by atoms with Gasteiger partial charge < -0.3 is 15.0 Å². The molecule has 0 aliphatic heterocycles. The zero-order chi connectivity index (χ0) is 23.8. The Morgan fingerprint density at radius 2 is 1.82 bits per heavy atom. The van der Waals surface area contributed by atoms with Crippen LogP contribution in [0.4, 0.5) is 4.39 Å². The fraction of sp³-hybridized carbons (Fsp3) is 0.308. The van der Waals surface area contributed by atoms with Crippen molar-refractivity contribution in [3.63, 3.8) is 0 Å². The topological polar surface area (TPSA) is 58.6 Å². The van der Waals surface area contributed by atoms with Crippen molar-refractivity contribution in [1.82, 2.24) is 10.2 Å². The van der Waals surface area contributed by atoms with Crippen molar-refractivity contribution < 1.29 is 18.7 Å². The van der Waals surface area contributed by atoms with Gasteiger partial charge in [0, 0.05) is 18.7 Å². The van der Waals surface area contributed by atoms with Gasteiger partial charge in [-0.05, 0) is 52.2 Å². The molecule has 0 fully saturated rings. The van der Waals surface area contributed by atoms with Gasteiger partial charge in [0.05, 0.1) is 4.47 Å². The van der Waals surface area contributed by atoms with E-state index in [0.717, 1.165) is 28.1 Å². The summed E-state index contributed by atoms with van der Waals surface area (Å²) in [6.07, 6.45) is 1.79. The van der Waals surface area contributed by atoms with Gasteiger partial charge in [0.2, 0.25) is 5.91 Å². The molecule has 0 radical (unpaired) electrons. The van der Waals surface area contributed by atoms with Crippen LogP contribution in [0.5, 0.6) is 5.75 Å². The van der Waals surface area contributed by atoms with Gasteiger partial charge in [-0.15, -0.1) is 0 Å². The van der Waals surface area contributed by atoms with Crippen LogP contribution in [0.2, 0.25) is 0 Å². The molecule has 7 heteroatoms. The number of fused-ring (bicyclic) bond motifs is 1. The van der Waals surface area contributed by atoms with Crippen LogP contribution in [0.3, 0.4) is 0 Å². The van der Waals surface area contributed by atoms with Gasteiger partial charge in [0.25, 0.3) is 5.91 Å². The second-order valence-electron chi connectivity index (χ2n) is 7.82. The number of unbranched alkanes of at least 4 members (excludes halogenated alkanes) is 1. The number of hydrogen-bond donors (Lipinski definition) is 1. The van der Waals surface area contributed by atoms with Crippen LogP contribution in [0, 0.1) is 5.82 Å². The Kier molecular flexibility index (Phi) is 8.83. The minimum absolute atomic E-state index is 0.0316. The minimum atomic E-state index is -0.780. The molecule has 0 aromatic heterocycles. The highest BCUT2D eigenvalue weighted by Gasteiger charge is 2.27. The second-order valence-corrected chi connectivity index (χ2v) is 8.61. The molecule has 1 N–H and O–H groups in total. The SMILES string of the molecule is CCCCNC(=O)C(C)N(Cc1ccccc1F)C(=O)COc1ccc2ccccc2c1Br. The molecule has 0 saturated carbocycles. The lowest BCUT2D eigenvalue weighted by Crippen LogP contribution is -2.49. The van der Waals surface area contributed by atoms with E-state index in [4.69, 9.17) is 4.74 Å². The van der Waals surface area contributed by atoms with E-state index >= 15 is 0 Å². The van der Waals surface area contributed by atoms with Crippen molar-refractivity contribution in [3.8, 4) is 5.75 Å². The van der Waals surface area contributed by atoms with Gasteiger partial charge in [-0.1, -0.05) is 61.9 Å². The molecule has 5 nitrogen and oxygen atoms in total. The molecule has 0 saturated heterocycles. The van der Waals surface area contributed by atoms with Gasteiger partial charge >= 0.3 is 0 Å². The molecule has 3 rings (SSSR count). The molecular formula is C26H28BrFN2O3. The van der Waals surface area contributed by atoms with Gasteiger partial charge in [-0.3, -0.25) is 9.59 Å². The predicted octanol–water partition coefficient (Wildman–Crippen LogP) is 5.45. The Morgan fingerprint density at radius 3 is 2.58 bits per heavy atom. The highest BCUT2D eigenvalue weighted by Crippen LogP contribution is 2.33. The average molecular weight is 515 g/mol. The van der Waals surface area contributed by atoms with Crippen LogP contribution < -0.4 is 10.1 Å². The molecule has 2 amide bonds. The maximum absolute atomic E-state index is 14.3. The Bertz CT molecular complexity index is 1120. The van der Waals surface area contributed by atoms with E-state index < -0.39 is 17.8 Å². The van der Waals surface area contributed by atoms with E-state index in [9.17, 15) is 14.0 Å². The summed E-state index contributed by atoms with van der Waals surface area (Å²) in [7, 11) is 0. The molecule has 0 aliphatic rings. The third-order valence-corrected chi connectivity index (χ3v) is 6.29. The Hall–Kier alpha value is -2.93. The molecular weight excluding hydrogens is 487 g/mol. The number of benzene rings is 3. The smallest absolute Gasteiger partial charge is 0.261 e. The average Bonchev–Trinajstić information content (AvgIpc) is 2.82. The van der Waals surface area contributed by atoms with Crippen LogP contribution in [0.25, 0.3) is 10.8 Å². The van der Waals surface area contributed by atoms with Gasteiger partial charge in [0.1, 0.15) is 17.6 Å². The molecule has 3 aromatic carbocycles. The lowest BCUT2D eigenvalue weighted by atomic mass is 10.1. The first kappa shape index (κ1) is 24.7. The summed E-state index contributed by atoms with van der Waals surface area (Å²) in [5.41, 5.74) is 0.339. The van der Waals surface area contributed by atoms with E-state index in [0.29, 0.717) is 17.9 Å². The molecule has 0 heterocycles. The summed E-state index contributed by atoms with van der Waals surface area (Å²) >= 11 is 3.56. The predicted molar refractivity (Wildman–Crippen MR) is 131 cm³/mol. The molecule has 0 aliphatic carbocycles. The normalized spacial score (nSPS) is 11.8. The van der Waals surface area contributed by atoms with Gasteiger partial charge in [0.15, 0.2) is 6.61 Å². The summed E-state index contributed by atoms with van der Waals surface area (Å²) in [4.78, 5) is 27.2. The number of ether oxygens (including phenoxy) is 1. The van der Waals surface area contributed by atoms with Crippen molar-refractivity contribution >= 4 is 38.5 Å². The molecule has 0 bridgehead atoms. The quantitative estimate of drug-likeness (QED) is 0.365. The standard InChI is InChI=1S/C26H28BrFN2O3/c1-3-4-15-29-26(32)18(2)30(16-20-10-6-8-12-22(20)28)24(31)17-33-23-14-13-19-9-5-7-11-21(19)25(23)27/h5-14,18H,3-4,15-17H2,1-2H3,(H,29,32). The zero-order valence-electron chi connectivity index (χ0n) is 18.8. The first-order valence-corrected chi connectivity index (χ1v) is 11.8. The van der Waals surface area contributed by atoms with Crippen molar-refractivity contribution in [2.45, 2.75) is 39.3 Å². The van der Waals surface area contributed by atoms with E-state index in [1.807, 2.05) is 37.3 Å². The number of carbonyl (C=O) groups is 2. The number of carbonyl (C=O) groups excluding carboxylic acids is 2. The lowest BCUT2D eigenvalue weighted by Gasteiger charge is -2.29. The molecule has 1 unspecified atom stereocenters. The molecule has 33 heavy (non-hydrogen) atoms. The summed E-state index contributed by atoms with van der Waals surface area (Å²) in [6, 6.07) is 17.0. The lowest BCUT2D eigenvalue weighted by molar-refractivity contribution is -0.142. The van der Waals surface area contributed by atoms with Gasteiger partial charge in [-0.2, -0.15) is 0 Å². The molecule has 174 valence electrons. The highest BCUT2D eigenvalue weighted by molar-refractivity contribution is 9.10. The number of rotatable bonds is 10. The fourth-order valence-corrected chi connectivity index (χ4v) is 4.08. The van der Waals surface area contributed by atoms with Crippen molar-refractivity contribution in [3.05, 3.63) is 76.5 Å². The number of hydrogen-bond acceptors (Lipinski definition) is 3. The zero-order valence-corrected chi connectivity index (χ0v) is 20.4. The molecule has 3 aromatic rings. The first-order chi connectivity index (χ1) is 15.9. The van der Waals surface area contributed by atoms with Crippen molar-refractivity contribution in [2.75, 3.05) is 13.2 Å². The summed E-state index contributed by atoms with van der Waals surface area (Å²) < 4.78 is 20.9. The molecule has 1 atom stereocenters. The highest BCUT2D eigenvalue weighted by atomic mass is 79.9. The van der Waals surface area contributed by atoms with E-state index in [1.165, 1.54) is 11.0 Å². The minimum Gasteiger partial charge on any atom is -0.483 e. The summed E-state index contributed by atoms with van der Waals surface area (Å²) in [5.74, 6) is -0.587. The van der Waals surface area contributed by atoms with Crippen LogP contribution in [-0.2, 0) is 16.1 Å². The van der Waals surface area contributed by atoms with Crippen LogP contribution in [0.1, 0.15) is 32.3 Å². The third-order valence-electron chi connectivity index (χ3n) is 5.47. The monoisotopic (exact) mass is 514 g/mol. The number of nitrogens with one attached hydrogen (secondary N) is 1. The Morgan fingerprint density at radius 1 is 1.09 bits per heavy atom. The van der Waals surface area contributed by atoms with Gasteiger partial charge in [-0.25, -0.2) is 4.39 Å². The number of halogens is 2. The Balaban J connectivity index is 1.77. The fourth-order valence-electron chi connectivity index (χ4n) is 3.48. The van der Waals surface area contributed by atoms with Crippen molar-refractivity contribution in [1.29, 1.82) is 0 Å². The number of amides is 2. The molecule has 0 spiro atoms. The van der Waals surface area contributed by atoms with Crippen LogP contribution in [-0.4, -0.2) is 35.9 Å². The van der Waals surface area contributed by atoms with Crippen molar-refractivity contribution in [2.24, 2.45) is 0 Å². The second kappa shape index (κ2) is 11.8. The summed E-state index contributed by atoms with van der Waals surface area (Å²) in [5, 5.41) is 4.86. The van der Waals surface area contributed by atoms with E-state index in [-0.39, 0.29) is 19.1 Å².